The maximum atomic E-state index is 6.05. The Morgan fingerprint density at radius 3 is 2.28 bits per heavy atom. The molecule has 0 radical (unpaired) electrons. The zero-order chi connectivity index (χ0) is 17.3. The van der Waals surface area contributed by atoms with Crippen LogP contribution in [0.25, 0.3) is 5.76 Å². The van der Waals surface area contributed by atoms with Gasteiger partial charge in [-0.3, -0.25) is 4.90 Å². The highest BCUT2D eigenvalue weighted by atomic mass is 16.5. The second-order valence-corrected chi connectivity index (χ2v) is 6.86. The Morgan fingerprint density at radius 1 is 1.00 bits per heavy atom. The Labute approximate surface area is 152 Å². The molecule has 2 heteroatoms. The molecule has 0 amide bonds. The number of hydrogen-bond acceptors (Lipinski definition) is 2. The zero-order valence-electron chi connectivity index (χ0n) is 15.2. The van der Waals surface area contributed by atoms with E-state index in [1.165, 1.54) is 37.1 Å². The van der Waals surface area contributed by atoms with Gasteiger partial charge in [-0.25, -0.2) is 0 Å². The number of piperidine rings is 1. The van der Waals surface area contributed by atoms with Crippen molar-refractivity contribution in [3.63, 3.8) is 0 Å². The second-order valence-electron chi connectivity index (χ2n) is 6.86. The molecule has 2 aromatic carbocycles. The number of ether oxygens (including phenoxy) is 1. The first-order chi connectivity index (χ1) is 12.3. The Hall–Kier alpha value is -2.06. The minimum absolute atomic E-state index is 0.793. The maximum Gasteiger partial charge on any atom is 0.122 e. The van der Waals surface area contributed by atoms with Gasteiger partial charge in [0.2, 0.25) is 0 Å². The summed E-state index contributed by atoms with van der Waals surface area (Å²) in [4.78, 5) is 2.58. The first kappa shape index (κ1) is 17.8. The van der Waals surface area contributed by atoms with Crippen molar-refractivity contribution in [3.05, 3.63) is 77.9 Å². The van der Waals surface area contributed by atoms with Gasteiger partial charge in [0.1, 0.15) is 5.76 Å². The number of allylic oxidation sites excluding steroid dienone is 1. The van der Waals surface area contributed by atoms with Crippen LogP contribution in [0, 0.1) is 5.92 Å². The predicted octanol–water partition coefficient (Wildman–Crippen LogP) is 5.37. The summed E-state index contributed by atoms with van der Waals surface area (Å²) in [5.41, 5.74) is 2.59. The van der Waals surface area contributed by atoms with Crippen LogP contribution >= 0.6 is 0 Å². The maximum absolute atomic E-state index is 6.05. The van der Waals surface area contributed by atoms with Crippen molar-refractivity contribution in [1.29, 1.82) is 0 Å². The third-order valence-corrected chi connectivity index (χ3v) is 5.06. The lowest BCUT2D eigenvalue weighted by molar-refractivity contribution is 0.152. The lowest BCUT2D eigenvalue weighted by atomic mass is 9.93. The molecule has 132 valence electrons. The van der Waals surface area contributed by atoms with Crippen LogP contribution in [-0.2, 0) is 11.3 Å². The fraction of sp³-hybridized carbons (Fsp3) is 0.391. The fourth-order valence-electron chi connectivity index (χ4n) is 3.55. The van der Waals surface area contributed by atoms with E-state index >= 15 is 0 Å². The van der Waals surface area contributed by atoms with Crippen LogP contribution in [0.3, 0.4) is 0 Å². The summed E-state index contributed by atoms with van der Waals surface area (Å²) in [5.74, 6) is 1.79. The van der Waals surface area contributed by atoms with Crippen LogP contribution in [0.1, 0.15) is 37.3 Å². The molecule has 3 rings (SSSR count). The van der Waals surface area contributed by atoms with Gasteiger partial charge in [-0.15, -0.1) is 0 Å². The van der Waals surface area contributed by atoms with Crippen molar-refractivity contribution in [2.45, 2.75) is 32.7 Å². The standard InChI is InChI=1S/C23H29NO/c1-2-23(22-11-7-4-8-12-22)25-18-15-20-13-16-24(17-14-20)19-21-9-5-3-6-10-21/h2-12,20H,13-19H2,1H3/b23-2-. The number of nitrogens with zero attached hydrogens (tertiary/aromatic N) is 1. The largest absolute Gasteiger partial charge is 0.493 e. The summed E-state index contributed by atoms with van der Waals surface area (Å²) in [6, 6.07) is 21.2. The van der Waals surface area contributed by atoms with Gasteiger partial charge in [0, 0.05) is 12.1 Å². The van der Waals surface area contributed by atoms with Crippen molar-refractivity contribution in [2.75, 3.05) is 19.7 Å². The average Bonchev–Trinajstić information content (AvgIpc) is 2.68. The van der Waals surface area contributed by atoms with E-state index in [0.29, 0.717) is 0 Å². The van der Waals surface area contributed by atoms with Crippen LogP contribution in [0.5, 0.6) is 0 Å². The SMILES string of the molecule is C/C=C(\OCCC1CCN(Cc2ccccc2)CC1)c1ccccc1. The molecule has 1 aliphatic heterocycles. The molecular weight excluding hydrogens is 306 g/mol. The first-order valence-electron chi connectivity index (χ1n) is 9.46. The lowest BCUT2D eigenvalue weighted by Crippen LogP contribution is -2.33. The van der Waals surface area contributed by atoms with E-state index in [4.69, 9.17) is 4.74 Å². The van der Waals surface area contributed by atoms with Gasteiger partial charge in [-0.1, -0.05) is 60.7 Å². The Kier molecular flexibility index (Phi) is 6.70. The molecule has 0 atom stereocenters. The monoisotopic (exact) mass is 335 g/mol. The van der Waals surface area contributed by atoms with Gasteiger partial charge in [-0.05, 0) is 56.8 Å². The smallest absolute Gasteiger partial charge is 0.122 e. The molecule has 0 aliphatic carbocycles. The summed E-state index contributed by atoms with van der Waals surface area (Å²) in [6.07, 6.45) is 5.79. The van der Waals surface area contributed by atoms with E-state index in [0.717, 1.165) is 31.2 Å². The second kappa shape index (κ2) is 9.43. The van der Waals surface area contributed by atoms with E-state index in [9.17, 15) is 0 Å². The molecule has 0 bridgehead atoms. The van der Waals surface area contributed by atoms with Crippen molar-refractivity contribution in [3.8, 4) is 0 Å². The summed E-state index contributed by atoms with van der Waals surface area (Å²) in [6.45, 7) is 6.35. The van der Waals surface area contributed by atoms with Crippen LogP contribution < -0.4 is 0 Å². The Morgan fingerprint density at radius 2 is 1.64 bits per heavy atom. The highest BCUT2D eigenvalue weighted by Crippen LogP contribution is 2.23. The Balaban J connectivity index is 1.38. The normalized spacial score (nSPS) is 16.8. The van der Waals surface area contributed by atoms with Crippen molar-refractivity contribution in [2.24, 2.45) is 5.92 Å². The quantitative estimate of drug-likeness (QED) is 0.631. The first-order valence-corrected chi connectivity index (χ1v) is 9.46. The lowest BCUT2D eigenvalue weighted by Gasteiger charge is -2.32. The van der Waals surface area contributed by atoms with E-state index < -0.39 is 0 Å². The van der Waals surface area contributed by atoms with Gasteiger partial charge in [0.25, 0.3) is 0 Å². The molecule has 25 heavy (non-hydrogen) atoms. The van der Waals surface area contributed by atoms with Crippen LogP contribution in [-0.4, -0.2) is 24.6 Å². The van der Waals surface area contributed by atoms with Gasteiger partial charge >= 0.3 is 0 Å². The van der Waals surface area contributed by atoms with Crippen LogP contribution in [0.4, 0.5) is 0 Å². The predicted molar refractivity (Wildman–Crippen MR) is 105 cm³/mol. The molecule has 1 fully saturated rings. The Bertz CT molecular complexity index is 642. The van der Waals surface area contributed by atoms with Gasteiger partial charge in [-0.2, -0.15) is 0 Å². The summed E-state index contributed by atoms with van der Waals surface area (Å²) >= 11 is 0. The van der Waals surface area contributed by atoms with Crippen molar-refractivity contribution < 1.29 is 4.74 Å². The minimum atomic E-state index is 0.793. The van der Waals surface area contributed by atoms with Crippen molar-refractivity contribution >= 4 is 5.76 Å². The summed E-state index contributed by atoms with van der Waals surface area (Å²) < 4.78 is 6.05. The van der Waals surface area contributed by atoms with Crippen LogP contribution in [0.15, 0.2) is 66.7 Å². The molecule has 1 saturated heterocycles. The number of rotatable bonds is 7. The van der Waals surface area contributed by atoms with Gasteiger partial charge < -0.3 is 4.74 Å². The summed E-state index contributed by atoms with van der Waals surface area (Å²) in [5, 5.41) is 0. The average molecular weight is 335 g/mol. The summed E-state index contributed by atoms with van der Waals surface area (Å²) in [7, 11) is 0. The van der Waals surface area contributed by atoms with Crippen LogP contribution in [0.2, 0.25) is 0 Å². The topological polar surface area (TPSA) is 12.5 Å². The molecular formula is C23H29NO. The molecule has 0 N–H and O–H groups in total. The van der Waals surface area contributed by atoms with Gasteiger partial charge in [0.15, 0.2) is 0 Å². The van der Waals surface area contributed by atoms with E-state index in [1.54, 1.807) is 0 Å². The van der Waals surface area contributed by atoms with E-state index in [-0.39, 0.29) is 0 Å². The number of likely N-dealkylation sites (tertiary alicyclic amines) is 1. The molecule has 1 heterocycles. The molecule has 0 spiro atoms. The highest BCUT2D eigenvalue weighted by molar-refractivity contribution is 5.59. The highest BCUT2D eigenvalue weighted by Gasteiger charge is 2.19. The van der Waals surface area contributed by atoms with E-state index in [2.05, 4.69) is 65.6 Å². The number of hydrogen-bond donors (Lipinski definition) is 0. The fourth-order valence-corrected chi connectivity index (χ4v) is 3.55. The molecule has 0 saturated carbocycles. The molecule has 1 aliphatic rings. The minimum Gasteiger partial charge on any atom is -0.493 e. The number of benzene rings is 2. The third-order valence-electron chi connectivity index (χ3n) is 5.06. The molecule has 2 aromatic rings. The third kappa shape index (κ3) is 5.47. The molecule has 0 unspecified atom stereocenters. The molecule has 2 nitrogen and oxygen atoms in total. The zero-order valence-corrected chi connectivity index (χ0v) is 15.2. The van der Waals surface area contributed by atoms with E-state index in [1.807, 2.05) is 13.0 Å². The molecule has 0 aromatic heterocycles. The van der Waals surface area contributed by atoms with Gasteiger partial charge in [0.05, 0.1) is 6.61 Å². The van der Waals surface area contributed by atoms with Crippen molar-refractivity contribution in [1.82, 2.24) is 4.90 Å².